The van der Waals surface area contributed by atoms with E-state index < -0.39 is 16.1 Å². The number of aromatic nitrogens is 2. The Morgan fingerprint density at radius 3 is 2.64 bits per heavy atom. The first kappa shape index (κ1) is 21.0. The van der Waals surface area contributed by atoms with Crippen molar-refractivity contribution in [3.63, 3.8) is 0 Å². The summed E-state index contributed by atoms with van der Waals surface area (Å²) in [6.45, 7) is 5.39. The fraction of sp³-hybridized carbons (Fsp3) is 0.571. The number of rotatable bonds is 7. The molecule has 6 nitrogen and oxygen atoms in total. The second-order valence-corrected chi connectivity index (χ2v) is 9.92. The third-order valence-corrected chi connectivity index (χ3v) is 7.10. The van der Waals surface area contributed by atoms with Crippen LogP contribution in [-0.4, -0.2) is 40.0 Å². The number of hydrogen-bond donors (Lipinski definition) is 1. The summed E-state index contributed by atoms with van der Waals surface area (Å²) in [6, 6.07) is 9.23. The van der Waals surface area contributed by atoms with Gasteiger partial charge in [-0.2, -0.15) is 4.31 Å². The monoisotopic (exact) mass is 405 g/mol. The van der Waals surface area contributed by atoms with E-state index in [1.807, 2.05) is 34.9 Å². The van der Waals surface area contributed by atoms with Crippen LogP contribution >= 0.6 is 0 Å². The van der Waals surface area contributed by atoms with Crippen molar-refractivity contribution in [2.45, 2.75) is 69.7 Å². The average Bonchev–Trinajstić information content (AvgIpc) is 3.00. The largest absolute Gasteiger partial charge is 0.388 e. The molecule has 0 spiro atoms. The molecule has 1 aromatic carbocycles. The van der Waals surface area contributed by atoms with E-state index in [2.05, 4.69) is 18.8 Å². The van der Waals surface area contributed by atoms with Crippen molar-refractivity contribution in [3.05, 3.63) is 48.4 Å². The molecule has 2 atom stereocenters. The molecule has 1 aromatic heterocycles. The van der Waals surface area contributed by atoms with Crippen molar-refractivity contribution in [1.82, 2.24) is 13.9 Å². The molecule has 2 heterocycles. The Kier molecular flexibility index (Phi) is 6.91. The summed E-state index contributed by atoms with van der Waals surface area (Å²) in [5.74, 6) is 0.414. The summed E-state index contributed by atoms with van der Waals surface area (Å²) in [5.41, 5.74) is 0.824. The molecule has 28 heavy (non-hydrogen) atoms. The van der Waals surface area contributed by atoms with Crippen LogP contribution in [0.1, 0.15) is 57.6 Å². The molecule has 0 amide bonds. The number of aliphatic hydroxyl groups excluding tert-OH is 1. The van der Waals surface area contributed by atoms with E-state index in [4.69, 9.17) is 0 Å². The normalized spacial score (nSPS) is 20.2. The standard InChI is InChI=1S/C21H31N3O3S/c1-17(2)14-23-15-21(22-16-23)28(26,27)24-12-8-4-7-11-19(24)13-20(25)18-9-5-3-6-10-18/h3,5-6,9-10,15-17,19-20,25H,4,7-8,11-14H2,1-2H3. The van der Waals surface area contributed by atoms with Crippen molar-refractivity contribution < 1.29 is 13.5 Å². The van der Waals surface area contributed by atoms with E-state index in [0.29, 0.717) is 18.9 Å². The number of hydrogen-bond acceptors (Lipinski definition) is 4. The fourth-order valence-corrected chi connectivity index (χ4v) is 5.53. The Labute approximate surface area is 168 Å². The molecule has 2 unspecified atom stereocenters. The predicted molar refractivity (Wildman–Crippen MR) is 109 cm³/mol. The summed E-state index contributed by atoms with van der Waals surface area (Å²) in [7, 11) is -3.69. The maximum atomic E-state index is 13.3. The van der Waals surface area contributed by atoms with E-state index >= 15 is 0 Å². The molecule has 3 rings (SSSR count). The van der Waals surface area contributed by atoms with Crippen molar-refractivity contribution >= 4 is 10.0 Å². The van der Waals surface area contributed by atoms with Gasteiger partial charge in [-0.1, -0.05) is 57.0 Å². The van der Waals surface area contributed by atoms with Gasteiger partial charge in [-0.25, -0.2) is 13.4 Å². The van der Waals surface area contributed by atoms with Crippen molar-refractivity contribution in [2.24, 2.45) is 5.92 Å². The minimum atomic E-state index is -3.69. The van der Waals surface area contributed by atoms with Gasteiger partial charge in [0.25, 0.3) is 10.0 Å². The van der Waals surface area contributed by atoms with Gasteiger partial charge >= 0.3 is 0 Å². The number of aliphatic hydroxyl groups is 1. The van der Waals surface area contributed by atoms with Gasteiger partial charge in [-0.3, -0.25) is 0 Å². The Hall–Kier alpha value is -1.70. The van der Waals surface area contributed by atoms with Gasteiger partial charge in [0.05, 0.1) is 12.4 Å². The van der Waals surface area contributed by atoms with Crippen molar-refractivity contribution in [3.8, 4) is 0 Å². The average molecular weight is 406 g/mol. The topological polar surface area (TPSA) is 75.4 Å². The summed E-state index contributed by atoms with van der Waals surface area (Å²) in [5, 5.41) is 10.8. The number of imidazole rings is 1. The molecule has 7 heteroatoms. The second-order valence-electron chi connectivity index (χ2n) is 8.08. The first-order valence-electron chi connectivity index (χ1n) is 10.1. The molecule has 1 aliphatic heterocycles. The zero-order valence-electron chi connectivity index (χ0n) is 16.7. The lowest BCUT2D eigenvalue weighted by Crippen LogP contribution is -2.41. The van der Waals surface area contributed by atoms with Gasteiger partial charge in [0.2, 0.25) is 0 Å². The van der Waals surface area contributed by atoms with Crippen LogP contribution in [0, 0.1) is 5.92 Å². The lowest BCUT2D eigenvalue weighted by Gasteiger charge is -2.30. The van der Waals surface area contributed by atoms with Gasteiger partial charge in [0.15, 0.2) is 5.03 Å². The highest BCUT2D eigenvalue weighted by Gasteiger charge is 2.35. The summed E-state index contributed by atoms with van der Waals surface area (Å²) >= 11 is 0. The van der Waals surface area contributed by atoms with Crippen LogP contribution < -0.4 is 0 Å². The fourth-order valence-electron chi connectivity index (χ4n) is 3.89. The van der Waals surface area contributed by atoms with E-state index in [9.17, 15) is 13.5 Å². The van der Waals surface area contributed by atoms with Crippen LogP contribution in [-0.2, 0) is 16.6 Å². The highest BCUT2D eigenvalue weighted by atomic mass is 32.2. The second kappa shape index (κ2) is 9.20. The molecular weight excluding hydrogens is 374 g/mol. The molecule has 154 valence electrons. The molecule has 0 bridgehead atoms. The maximum absolute atomic E-state index is 13.3. The molecule has 1 saturated heterocycles. The lowest BCUT2D eigenvalue weighted by molar-refractivity contribution is 0.132. The number of sulfonamides is 1. The minimum absolute atomic E-state index is 0.106. The Morgan fingerprint density at radius 2 is 1.93 bits per heavy atom. The summed E-state index contributed by atoms with van der Waals surface area (Å²) in [6.07, 6.45) is 6.52. The number of benzene rings is 1. The van der Waals surface area contributed by atoms with Crippen molar-refractivity contribution in [1.29, 1.82) is 0 Å². The molecule has 0 saturated carbocycles. The summed E-state index contributed by atoms with van der Waals surface area (Å²) < 4.78 is 30.1. The third kappa shape index (κ3) is 5.01. The van der Waals surface area contributed by atoms with E-state index in [-0.39, 0.29) is 11.1 Å². The quantitative estimate of drug-likeness (QED) is 0.764. The SMILES string of the molecule is CC(C)Cn1cnc(S(=O)(=O)N2CCCCCC2CC(O)c2ccccc2)c1. The van der Waals surface area contributed by atoms with Crippen LogP contribution in [0.2, 0.25) is 0 Å². The number of nitrogens with zero attached hydrogens (tertiary/aromatic N) is 3. The van der Waals surface area contributed by atoms with Crippen LogP contribution in [0.5, 0.6) is 0 Å². The van der Waals surface area contributed by atoms with Gasteiger partial charge in [0.1, 0.15) is 0 Å². The first-order valence-corrected chi connectivity index (χ1v) is 11.6. The van der Waals surface area contributed by atoms with Gasteiger partial charge in [-0.15, -0.1) is 0 Å². The van der Waals surface area contributed by atoms with Crippen LogP contribution in [0.15, 0.2) is 47.9 Å². The van der Waals surface area contributed by atoms with Crippen LogP contribution in [0.4, 0.5) is 0 Å². The zero-order valence-corrected chi connectivity index (χ0v) is 17.6. The molecule has 2 aromatic rings. The lowest BCUT2D eigenvalue weighted by atomic mass is 9.99. The van der Waals surface area contributed by atoms with Crippen LogP contribution in [0.25, 0.3) is 0 Å². The Balaban J connectivity index is 1.82. The first-order chi connectivity index (χ1) is 13.4. The van der Waals surface area contributed by atoms with Crippen molar-refractivity contribution in [2.75, 3.05) is 6.54 Å². The van der Waals surface area contributed by atoms with E-state index in [1.165, 1.54) is 0 Å². The highest BCUT2D eigenvalue weighted by molar-refractivity contribution is 7.89. The van der Waals surface area contributed by atoms with E-state index in [1.54, 1.807) is 16.8 Å². The molecule has 0 radical (unpaired) electrons. The third-order valence-electron chi connectivity index (χ3n) is 5.26. The molecule has 1 fully saturated rings. The molecule has 1 N–H and O–H groups in total. The van der Waals surface area contributed by atoms with E-state index in [0.717, 1.165) is 37.8 Å². The maximum Gasteiger partial charge on any atom is 0.262 e. The molecule has 1 aliphatic rings. The predicted octanol–water partition coefficient (Wildman–Crippen LogP) is 3.60. The smallest absolute Gasteiger partial charge is 0.262 e. The Bertz CT molecular complexity index is 849. The Morgan fingerprint density at radius 1 is 1.18 bits per heavy atom. The summed E-state index contributed by atoms with van der Waals surface area (Å²) in [4.78, 5) is 4.19. The molecular formula is C21H31N3O3S. The minimum Gasteiger partial charge on any atom is -0.388 e. The zero-order chi connectivity index (χ0) is 20.1. The van der Waals surface area contributed by atoms with Gasteiger partial charge in [-0.05, 0) is 30.7 Å². The highest BCUT2D eigenvalue weighted by Crippen LogP contribution is 2.30. The van der Waals surface area contributed by atoms with Gasteiger partial charge < -0.3 is 9.67 Å². The van der Waals surface area contributed by atoms with Gasteiger partial charge in [0, 0.05) is 25.3 Å². The van der Waals surface area contributed by atoms with Crippen LogP contribution in [0.3, 0.4) is 0 Å². The molecule has 0 aliphatic carbocycles.